The van der Waals surface area contributed by atoms with Gasteiger partial charge in [-0.05, 0) is 43.9 Å². The summed E-state index contributed by atoms with van der Waals surface area (Å²) in [6.45, 7) is 2.24. The van der Waals surface area contributed by atoms with Crippen molar-refractivity contribution < 1.29 is 27.1 Å². The minimum absolute atomic E-state index is 0.123. The van der Waals surface area contributed by atoms with Crippen LogP contribution in [-0.4, -0.2) is 54.5 Å². The highest BCUT2D eigenvalue weighted by atomic mass is 19.4. The average molecular weight is 462 g/mol. The number of ether oxygens (including phenoxy) is 1. The Kier molecular flexibility index (Phi) is 5.02. The van der Waals surface area contributed by atoms with E-state index in [1.807, 2.05) is 0 Å². The molecule has 1 aliphatic heterocycles. The van der Waals surface area contributed by atoms with Gasteiger partial charge in [0.1, 0.15) is 11.8 Å². The molecule has 3 aromatic rings. The van der Waals surface area contributed by atoms with Gasteiger partial charge in [0.2, 0.25) is 0 Å². The second-order valence-electron chi connectivity index (χ2n) is 8.17. The molecular weight excluding hydrogens is 444 g/mol. The van der Waals surface area contributed by atoms with Crippen LogP contribution in [0.2, 0.25) is 0 Å². The Bertz CT molecular complexity index is 1200. The minimum Gasteiger partial charge on any atom is -0.470 e. The first kappa shape index (κ1) is 21.3. The number of nitrogens with zero attached hydrogens (tertiary/aromatic N) is 6. The molecule has 1 aliphatic carbocycles. The van der Waals surface area contributed by atoms with E-state index in [4.69, 9.17) is 4.74 Å². The van der Waals surface area contributed by atoms with Crippen molar-refractivity contribution >= 4 is 5.91 Å². The summed E-state index contributed by atoms with van der Waals surface area (Å²) in [4.78, 5) is 24.3. The van der Waals surface area contributed by atoms with Crippen molar-refractivity contribution in [2.75, 3.05) is 6.54 Å². The second kappa shape index (κ2) is 7.78. The van der Waals surface area contributed by atoms with Crippen molar-refractivity contribution in [3.05, 3.63) is 59.6 Å². The van der Waals surface area contributed by atoms with E-state index in [2.05, 4.69) is 20.2 Å². The lowest BCUT2D eigenvalue weighted by Crippen LogP contribution is -2.47. The molecule has 8 nitrogen and oxygen atoms in total. The molecule has 0 spiro atoms. The van der Waals surface area contributed by atoms with Gasteiger partial charge >= 0.3 is 6.18 Å². The highest BCUT2D eigenvalue weighted by Gasteiger charge is 2.49. The van der Waals surface area contributed by atoms with Crippen LogP contribution in [0.25, 0.3) is 5.69 Å². The highest BCUT2D eigenvalue weighted by Crippen LogP contribution is 2.41. The molecule has 172 valence electrons. The smallest absolute Gasteiger partial charge is 0.417 e. The van der Waals surface area contributed by atoms with E-state index in [1.54, 1.807) is 24.0 Å². The molecule has 1 saturated heterocycles. The lowest BCUT2D eigenvalue weighted by atomic mass is 10.1. The van der Waals surface area contributed by atoms with Gasteiger partial charge in [-0.15, -0.1) is 4.80 Å². The number of hydrogen-bond acceptors (Lipinski definition) is 6. The van der Waals surface area contributed by atoms with E-state index in [1.165, 1.54) is 17.2 Å². The summed E-state index contributed by atoms with van der Waals surface area (Å²) in [5, 5.41) is 8.16. The van der Waals surface area contributed by atoms with E-state index in [0.717, 1.165) is 0 Å². The first-order valence-corrected chi connectivity index (χ1v) is 10.3. The molecule has 4 heterocycles. The molecule has 0 N–H and O–H groups in total. The first-order valence-electron chi connectivity index (χ1n) is 10.3. The zero-order chi connectivity index (χ0) is 23.3. The zero-order valence-electron chi connectivity index (χ0n) is 17.3. The number of rotatable bonds is 4. The largest absolute Gasteiger partial charge is 0.470 e. The van der Waals surface area contributed by atoms with E-state index < -0.39 is 29.5 Å². The van der Waals surface area contributed by atoms with E-state index >= 15 is 0 Å². The van der Waals surface area contributed by atoms with Crippen molar-refractivity contribution in [1.29, 1.82) is 0 Å². The fraction of sp³-hybridized carbons (Fsp3) is 0.381. The quantitative estimate of drug-likeness (QED) is 0.554. The fourth-order valence-electron chi connectivity index (χ4n) is 4.48. The molecule has 3 atom stereocenters. The molecule has 1 amide bonds. The summed E-state index contributed by atoms with van der Waals surface area (Å²) in [7, 11) is 0. The molecule has 2 fully saturated rings. The normalized spacial score (nSPS) is 22.1. The van der Waals surface area contributed by atoms with Crippen molar-refractivity contribution in [2.24, 2.45) is 5.92 Å². The predicted molar refractivity (Wildman–Crippen MR) is 105 cm³/mol. The number of pyridine rings is 2. The fourth-order valence-corrected chi connectivity index (χ4v) is 4.48. The van der Waals surface area contributed by atoms with Gasteiger partial charge in [-0.25, -0.2) is 14.4 Å². The molecule has 3 unspecified atom stereocenters. The summed E-state index contributed by atoms with van der Waals surface area (Å²) in [6, 6.07) is 3.43. The Morgan fingerprint density at radius 1 is 1.18 bits per heavy atom. The topological polar surface area (TPSA) is 86.0 Å². The first-order chi connectivity index (χ1) is 15.7. The number of halogens is 4. The maximum Gasteiger partial charge on any atom is 0.417 e. The Morgan fingerprint density at radius 2 is 1.94 bits per heavy atom. The number of likely N-dealkylation sites (tertiary alicyclic amines) is 1. The number of amides is 1. The van der Waals surface area contributed by atoms with Crippen molar-refractivity contribution in [2.45, 2.75) is 38.1 Å². The SMILES string of the molecule is Cc1ccc(-n2nccn2)c(C(=O)N2CC3CC(Oc4ncc(C(F)(F)F)cc4F)C2C3)n1. The van der Waals surface area contributed by atoms with Gasteiger partial charge in [0.05, 0.1) is 24.0 Å². The number of alkyl halides is 3. The van der Waals surface area contributed by atoms with Crippen LogP contribution in [0.5, 0.6) is 5.88 Å². The summed E-state index contributed by atoms with van der Waals surface area (Å²) < 4.78 is 58.3. The Balaban J connectivity index is 1.39. The van der Waals surface area contributed by atoms with Crippen LogP contribution in [0.15, 0.2) is 36.8 Å². The highest BCUT2D eigenvalue weighted by molar-refractivity contribution is 5.96. The number of carbonyl (C=O) groups excluding carboxylic acids is 1. The Morgan fingerprint density at radius 3 is 2.61 bits per heavy atom. The maximum absolute atomic E-state index is 14.3. The van der Waals surface area contributed by atoms with Gasteiger partial charge in [-0.2, -0.15) is 23.4 Å². The van der Waals surface area contributed by atoms with E-state index in [9.17, 15) is 22.4 Å². The van der Waals surface area contributed by atoms with Crippen LogP contribution in [-0.2, 0) is 6.18 Å². The van der Waals surface area contributed by atoms with Crippen LogP contribution in [0, 0.1) is 18.7 Å². The molecule has 5 rings (SSSR count). The van der Waals surface area contributed by atoms with E-state index in [-0.39, 0.29) is 23.6 Å². The van der Waals surface area contributed by atoms with E-state index in [0.29, 0.717) is 43.0 Å². The number of aromatic nitrogens is 5. The number of aryl methyl sites for hydroxylation is 1. The van der Waals surface area contributed by atoms with Crippen LogP contribution < -0.4 is 4.74 Å². The van der Waals surface area contributed by atoms with Crippen molar-refractivity contribution in [1.82, 2.24) is 29.9 Å². The maximum atomic E-state index is 14.3. The Labute approximate surface area is 185 Å². The average Bonchev–Trinajstić information content (AvgIpc) is 3.51. The molecule has 0 aromatic carbocycles. The lowest BCUT2D eigenvalue weighted by Gasteiger charge is -2.33. The van der Waals surface area contributed by atoms with Gasteiger partial charge in [0.15, 0.2) is 11.5 Å². The number of hydrogen-bond donors (Lipinski definition) is 0. The standard InChI is InChI=1S/C21H18F4N6O2/c1-11-2-3-15(31-27-4-5-28-31)18(29-11)20(32)30-10-12-6-16(30)17(7-12)33-19-14(22)8-13(9-26-19)21(23,24)25/h2-5,8-9,12,16-17H,6-7,10H2,1H3. The monoisotopic (exact) mass is 462 g/mol. The van der Waals surface area contributed by atoms with Gasteiger partial charge in [0, 0.05) is 18.4 Å². The van der Waals surface area contributed by atoms with Crippen molar-refractivity contribution in [3.63, 3.8) is 0 Å². The van der Waals surface area contributed by atoms with Gasteiger partial charge in [0.25, 0.3) is 11.8 Å². The third-order valence-corrected chi connectivity index (χ3v) is 5.93. The summed E-state index contributed by atoms with van der Waals surface area (Å²) in [5.74, 6) is -1.92. The zero-order valence-corrected chi connectivity index (χ0v) is 17.3. The molecule has 33 heavy (non-hydrogen) atoms. The van der Waals surface area contributed by atoms with Gasteiger partial charge in [-0.1, -0.05) is 0 Å². The third kappa shape index (κ3) is 3.89. The summed E-state index contributed by atoms with van der Waals surface area (Å²) in [5.41, 5.74) is 0.0486. The molecule has 12 heteroatoms. The van der Waals surface area contributed by atoms with Crippen molar-refractivity contribution in [3.8, 4) is 11.6 Å². The molecule has 2 bridgehead atoms. The predicted octanol–water partition coefficient (Wildman–Crippen LogP) is 3.21. The van der Waals surface area contributed by atoms with Gasteiger partial charge in [-0.3, -0.25) is 4.79 Å². The molecule has 2 aliphatic rings. The second-order valence-corrected chi connectivity index (χ2v) is 8.17. The van der Waals surface area contributed by atoms with Gasteiger partial charge < -0.3 is 9.64 Å². The third-order valence-electron chi connectivity index (χ3n) is 5.93. The summed E-state index contributed by atoms with van der Waals surface area (Å²) in [6.07, 6.45) is -0.602. The number of fused-ring (bicyclic) bond motifs is 2. The Hall–Kier alpha value is -3.57. The molecular formula is C21H18F4N6O2. The molecule has 3 aromatic heterocycles. The summed E-state index contributed by atoms with van der Waals surface area (Å²) >= 11 is 0. The lowest BCUT2D eigenvalue weighted by molar-refractivity contribution is -0.138. The number of piperidine rings is 1. The molecule has 1 saturated carbocycles. The molecule has 0 radical (unpaired) electrons. The minimum atomic E-state index is -4.70. The van der Waals surface area contributed by atoms with Crippen LogP contribution in [0.3, 0.4) is 0 Å². The number of carbonyl (C=O) groups is 1. The van der Waals surface area contributed by atoms with Crippen LogP contribution >= 0.6 is 0 Å². The van der Waals surface area contributed by atoms with Crippen LogP contribution in [0.4, 0.5) is 17.6 Å². The van der Waals surface area contributed by atoms with Crippen LogP contribution in [0.1, 0.15) is 34.6 Å².